The molecule has 0 spiro atoms. The lowest BCUT2D eigenvalue weighted by molar-refractivity contribution is 0.267. The Morgan fingerprint density at radius 1 is 1.41 bits per heavy atom. The normalized spacial score (nSPS) is 13.6. The molecule has 1 aromatic rings. The maximum Gasteiger partial charge on any atom is 0.123 e. The van der Waals surface area contributed by atoms with Gasteiger partial charge < -0.3 is 11.1 Å². The third-order valence-electron chi connectivity index (χ3n) is 2.97. The molecule has 0 aliphatic heterocycles. The molecule has 1 unspecified atom stereocenters. The zero-order chi connectivity index (χ0) is 12.9. The summed E-state index contributed by atoms with van der Waals surface area (Å²) >= 11 is 0. The van der Waals surface area contributed by atoms with Gasteiger partial charge in [0, 0.05) is 12.2 Å². The van der Waals surface area contributed by atoms with Crippen molar-refractivity contribution in [2.45, 2.75) is 46.6 Å². The maximum absolute atomic E-state index is 5.71. The highest BCUT2D eigenvalue weighted by Crippen LogP contribution is 2.23. The Hall–Kier alpha value is -1.09. The highest BCUT2D eigenvalue weighted by Gasteiger charge is 2.23. The standard InChI is InChI=1S/C14H25N3/c1-5-7-16-12(14(2,3)4)9-11-6-8-17-13(15)10-11/h6,8,10,12,16H,5,7,9H2,1-4H3,(H2,15,17). The van der Waals surface area contributed by atoms with E-state index in [9.17, 15) is 0 Å². The van der Waals surface area contributed by atoms with E-state index < -0.39 is 0 Å². The van der Waals surface area contributed by atoms with Crippen LogP contribution in [-0.4, -0.2) is 17.6 Å². The first-order valence-electron chi connectivity index (χ1n) is 6.37. The molecule has 1 aromatic heterocycles. The maximum atomic E-state index is 5.71. The number of nitrogens with one attached hydrogen (secondary N) is 1. The summed E-state index contributed by atoms with van der Waals surface area (Å²) in [7, 11) is 0. The lowest BCUT2D eigenvalue weighted by Gasteiger charge is -2.32. The molecular formula is C14H25N3. The molecule has 3 nitrogen and oxygen atoms in total. The zero-order valence-corrected chi connectivity index (χ0v) is 11.5. The molecule has 0 saturated carbocycles. The van der Waals surface area contributed by atoms with Crippen LogP contribution in [-0.2, 0) is 6.42 Å². The van der Waals surface area contributed by atoms with E-state index in [1.165, 1.54) is 5.56 Å². The monoisotopic (exact) mass is 235 g/mol. The highest BCUT2D eigenvalue weighted by atomic mass is 14.9. The second-order valence-electron chi connectivity index (χ2n) is 5.67. The molecule has 0 amide bonds. The van der Waals surface area contributed by atoms with E-state index in [-0.39, 0.29) is 5.41 Å². The van der Waals surface area contributed by atoms with Crippen LogP contribution in [0.15, 0.2) is 18.3 Å². The number of aromatic nitrogens is 1. The van der Waals surface area contributed by atoms with Crippen molar-refractivity contribution in [2.24, 2.45) is 5.41 Å². The number of hydrogen-bond acceptors (Lipinski definition) is 3. The summed E-state index contributed by atoms with van der Waals surface area (Å²) < 4.78 is 0. The van der Waals surface area contributed by atoms with Crippen molar-refractivity contribution in [3.63, 3.8) is 0 Å². The minimum atomic E-state index is 0.243. The van der Waals surface area contributed by atoms with E-state index >= 15 is 0 Å². The topological polar surface area (TPSA) is 50.9 Å². The molecule has 0 bridgehead atoms. The minimum absolute atomic E-state index is 0.243. The van der Waals surface area contributed by atoms with Gasteiger partial charge in [0.1, 0.15) is 5.82 Å². The Bertz CT molecular complexity index is 342. The van der Waals surface area contributed by atoms with Gasteiger partial charge in [-0.3, -0.25) is 0 Å². The Morgan fingerprint density at radius 3 is 2.65 bits per heavy atom. The molecule has 3 heteroatoms. The second-order valence-corrected chi connectivity index (χ2v) is 5.67. The third kappa shape index (κ3) is 4.73. The average Bonchev–Trinajstić information content (AvgIpc) is 2.22. The molecule has 1 rings (SSSR count). The van der Waals surface area contributed by atoms with Crippen LogP contribution in [0.4, 0.5) is 5.82 Å². The summed E-state index contributed by atoms with van der Waals surface area (Å²) in [5, 5.41) is 3.62. The Labute approximate surface area is 105 Å². The van der Waals surface area contributed by atoms with Crippen molar-refractivity contribution in [1.82, 2.24) is 10.3 Å². The first kappa shape index (κ1) is 14.0. The number of pyridine rings is 1. The van der Waals surface area contributed by atoms with Crippen LogP contribution in [0.25, 0.3) is 0 Å². The van der Waals surface area contributed by atoms with Crippen molar-refractivity contribution in [3.8, 4) is 0 Å². The number of rotatable bonds is 5. The van der Waals surface area contributed by atoms with Crippen LogP contribution in [0.2, 0.25) is 0 Å². The van der Waals surface area contributed by atoms with Crippen molar-refractivity contribution in [2.75, 3.05) is 12.3 Å². The number of nitrogens with zero attached hydrogens (tertiary/aromatic N) is 1. The smallest absolute Gasteiger partial charge is 0.123 e. The lowest BCUT2D eigenvalue weighted by Crippen LogP contribution is -2.42. The van der Waals surface area contributed by atoms with E-state index in [0.717, 1.165) is 19.4 Å². The van der Waals surface area contributed by atoms with Gasteiger partial charge in [0.25, 0.3) is 0 Å². The van der Waals surface area contributed by atoms with Crippen LogP contribution < -0.4 is 11.1 Å². The summed E-state index contributed by atoms with van der Waals surface area (Å²) in [5.41, 5.74) is 7.21. The summed E-state index contributed by atoms with van der Waals surface area (Å²) in [6.07, 6.45) is 3.94. The number of nitrogens with two attached hydrogens (primary N) is 1. The lowest BCUT2D eigenvalue weighted by atomic mass is 9.83. The van der Waals surface area contributed by atoms with Gasteiger partial charge in [-0.05, 0) is 42.5 Å². The third-order valence-corrected chi connectivity index (χ3v) is 2.97. The van der Waals surface area contributed by atoms with Crippen LogP contribution in [0.1, 0.15) is 39.7 Å². The Morgan fingerprint density at radius 2 is 2.12 bits per heavy atom. The van der Waals surface area contributed by atoms with E-state index in [1.807, 2.05) is 12.1 Å². The molecule has 0 aliphatic rings. The largest absolute Gasteiger partial charge is 0.384 e. The fourth-order valence-corrected chi connectivity index (χ4v) is 1.86. The van der Waals surface area contributed by atoms with E-state index in [0.29, 0.717) is 11.9 Å². The predicted molar refractivity (Wildman–Crippen MR) is 73.9 cm³/mol. The fraction of sp³-hybridized carbons (Fsp3) is 0.643. The summed E-state index contributed by atoms with van der Waals surface area (Å²) in [6, 6.07) is 4.47. The fourth-order valence-electron chi connectivity index (χ4n) is 1.86. The van der Waals surface area contributed by atoms with Crippen LogP contribution in [0.3, 0.4) is 0 Å². The van der Waals surface area contributed by atoms with Gasteiger partial charge >= 0.3 is 0 Å². The van der Waals surface area contributed by atoms with Crippen molar-refractivity contribution < 1.29 is 0 Å². The zero-order valence-electron chi connectivity index (χ0n) is 11.5. The SMILES string of the molecule is CCCNC(Cc1ccnc(N)c1)C(C)(C)C. The van der Waals surface area contributed by atoms with Gasteiger partial charge in [0.15, 0.2) is 0 Å². The van der Waals surface area contributed by atoms with Crippen molar-refractivity contribution >= 4 is 5.82 Å². The Kier molecular flexibility index (Phi) is 4.94. The van der Waals surface area contributed by atoms with Gasteiger partial charge in [-0.2, -0.15) is 0 Å². The number of nitrogen functional groups attached to an aromatic ring is 1. The number of hydrogen-bond donors (Lipinski definition) is 2. The highest BCUT2D eigenvalue weighted by molar-refractivity contribution is 5.32. The molecule has 0 radical (unpaired) electrons. The molecule has 0 saturated heterocycles. The summed E-state index contributed by atoms with van der Waals surface area (Å²) in [6.45, 7) is 10.1. The van der Waals surface area contributed by atoms with Crippen LogP contribution in [0.5, 0.6) is 0 Å². The quantitative estimate of drug-likeness (QED) is 0.825. The molecule has 0 aliphatic carbocycles. The number of anilines is 1. The first-order chi connectivity index (χ1) is 7.93. The van der Waals surface area contributed by atoms with E-state index in [4.69, 9.17) is 5.73 Å². The van der Waals surface area contributed by atoms with E-state index in [1.54, 1.807) is 6.20 Å². The average molecular weight is 235 g/mol. The summed E-state index contributed by atoms with van der Waals surface area (Å²) in [5.74, 6) is 0.602. The van der Waals surface area contributed by atoms with Gasteiger partial charge in [0.2, 0.25) is 0 Å². The van der Waals surface area contributed by atoms with Crippen molar-refractivity contribution in [1.29, 1.82) is 0 Å². The second kappa shape index (κ2) is 6.01. The Balaban J connectivity index is 2.72. The predicted octanol–water partition coefficient (Wildman–Crippen LogP) is 2.62. The van der Waals surface area contributed by atoms with Crippen LogP contribution >= 0.6 is 0 Å². The molecule has 0 aromatic carbocycles. The summed E-state index contributed by atoms with van der Waals surface area (Å²) in [4.78, 5) is 4.03. The molecule has 3 N–H and O–H groups in total. The van der Waals surface area contributed by atoms with Gasteiger partial charge in [0.05, 0.1) is 0 Å². The minimum Gasteiger partial charge on any atom is -0.384 e. The molecule has 1 heterocycles. The first-order valence-corrected chi connectivity index (χ1v) is 6.37. The van der Waals surface area contributed by atoms with E-state index in [2.05, 4.69) is 38.0 Å². The van der Waals surface area contributed by atoms with Gasteiger partial charge in [-0.15, -0.1) is 0 Å². The van der Waals surface area contributed by atoms with Gasteiger partial charge in [-0.1, -0.05) is 27.7 Å². The van der Waals surface area contributed by atoms with Crippen LogP contribution in [0, 0.1) is 5.41 Å². The molecule has 0 fully saturated rings. The van der Waals surface area contributed by atoms with Gasteiger partial charge in [-0.25, -0.2) is 4.98 Å². The molecule has 1 atom stereocenters. The molecule has 96 valence electrons. The molecular weight excluding hydrogens is 210 g/mol. The van der Waals surface area contributed by atoms with Crippen molar-refractivity contribution in [3.05, 3.63) is 23.9 Å². The molecule has 17 heavy (non-hydrogen) atoms.